The van der Waals surface area contributed by atoms with Crippen LogP contribution in [0.2, 0.25) is 0 Å². The summed E-state index contributed by atoms with van der Waals surface area (Å²) < 4.78 is 49.5. The van der Waals surface area contributed by atoms with Gasteiger partial charge in [0.2, 0.25) is 0 Å². The van der Waals surface area contributed by atoms with Crippen LogP contribution in [0.5, 0.6) is 5.75 Å². The van der Waals surface area contributed by atoms with Gasteiger partial charge >= 0.3 is 6.18 Å². The van der Waals surface area contributed by atoms with Crippen molar-refractivity contribution in [3.63, 3.8) is 0 Å². The molecule has 3 nitrogen and oxygen atoms in total. The SMILES string of the molecule is CCOC1(c2cc(O)cc(C(F)(F)F)c2)CCOCC1. The van der Waals surface area contributed by atoms with E-state index in [1.54, 1.807) is 6.92 Å². The van der Waals surface area contributed by atoms with Crippen LogP contribution in [-0.2, 0) is 21.3 Å². The summed E-state index contributed by atoms with van der Waals surface area (Å²) in [4.78, 5) is 0. The Labute approximate surface area is 115 Å². The number of aromatic hydroxyl groups is 1. The first-order chi connectivity index (χ1) is 9.37. The molecule has 2 rings (SSSR count). The molecule has 0 atom stereocenters. The lowest BCUT2D eigenvalue weighted by Gasteiger charge is -2.37. The van der Waals surface area contributed by atoms with Crippen molar-refractivity contribution in [2.45, 2.75) is 31.5 Å². The van der Waals surface area contributed by atoms with E-state index < -0.39 is 23.1 Å². The zero-order chi connectivity index (χ0) is 14.8. The van der Waals surface area contributed by atoms with Gasteiger partial charge in [-0.15, -0.1) is 0 Å². The van der Waals surface area contributed by atoms with Crippen molar-refractivity contribution in [2.24, 2.45) is 0 Å². The number of rotatable bonds is 3. The summed E-state index contributed by atoms with van der Waals surface area (Å²) >= 11 is 0. The number of halogens is 3. The van der Waals surface area contributed by atoms with Crippen molar-refractivity contribution in [3.05, 3.63) is 29.3 Å². The third-order valence-electron chi connectivity index (χ3n) is 3.49. The lowest BCUT2D eigenvalue weighted by molar-refractivity contribution is -0.138. The maximum Gasteiger partial charge on any atom is 0.416 e. The van der Waals surface area contributed by atoms with Crippen LogP contribution in [0.3, 0.4) is 0 Å². The molecule has 0 unspecified atom stereocenters. The Morgan fingerprint density at radius 3 is 2.45 bits per heavy atom. The predicted molar refractivity (Wildman–Crippen MR) is 66.5 cm³/mol. The second-order valence-corrected chi connectivity index (χ2v) is 4.81. The molecular weight excluding hydrogens is 273 g/mol. The second kappa shape index (κ2) is 5.61. The zero-order valence-electron chi connectivity index (χ0n) is 11.2. The van der Waals surface area contributed by atoms with Gasteiger partial charge in [-0.3, -0.25) is 0 Å². The van der Waals surface area contributed by atoms with Gasteiger partial charge in [0, 0.05) is 32.7 Å². The molecule has 1 fully saturated rings. The zero-order valence-corrected chi connectivity index (χ0v) is 11.2. The van der Waals surface area contributed by atoms with Crippen LogP contribution in [0.4, 0.5) is 13.2 Å². The summed E-state index contributed by atoms with van der Waals surface area (Å²) in [5, 5.41) is 9.58. The lowest BCUT2D eigenvalue weighted by Crippen LogP contribution is -2.36. The van der Waals surface area contributed by atoms with Gasteiger partial charge in [0.15, 0.2) is 0 Å². The number of phenols is 1. The molecule has 1 aliphatic rings. The number of hydrogen-bond donors (Lipinski definition) is 1. The molecule has 1 heterocycles. The molecule has 6 heteroatoms. The van der Waals surface area contributed by atoms with Gasteiger partial charge in [0.1, 0.15) is 5.75 Å². The van der Waals surface area contributed by atoms with Gasteiger partial charge < -0.3 is 14.6 Å². The van der Waals surface area contributed by atoms with Crippen molar-refractivity contribution in [3.8, 4) is 5.75 Å². The van der Waals surface area contributed by atoms with E-state index in [9.17, 15) is 18.3 Å². The molecule has 0 radical (unpaired) electrons. The second-order valence-electron chi connectivity index (χ2n) is 4.81. The highest BCUT2D eigenvalue weighted by Gasteiger charge is 2.38. The molecule has 1 aromatic carbocycles. The third-order valence-corrected chi connectivity index (χ3v) is 3.49. The molecule has 112 valence electrons. The van der Waals surface area contributed by atoms with Gasteiger partial charge in [-0.25, -0.2) is 0 Å². The van der Waals surface area contributed by atoms with E-state index in [0.717, 1.165) is 12.1 Å². The van der Waals surface area contributed by atoms with Crippen LogP contribution in [0.1, 0.15) is 30.9 Å². The van der Waals surface area contributed by atoms with Gasteiger partial charge in [-0.2, -0.15) is 13.2 Å². The van der Waals surface area contributed by atoms with Crippen LogP contribution in [0.25, 0.3) is 0 Å². The number of phenolic OH excluding ortho intramolecular Hbond substituents is 1. The van der Waals surface area contributed by atoms with Crippen LogP contribution in [0.15, 0.2) is 18.2 Å². The fourth-order valence-electron chi connectivity index (χ4n) is 2.53. The van der Waals surface area contributed by atoms with Crippen molar-refractivity contribution in [1.29, 1.82) is 0 Å². The molecule has 1 aromatic rings. The lowest BCUT2D eigenvalue weighted by atomic mass is 9.85. The highest BCUT2D eigenvalue weighted by molar-refractivity contribution is 5.38. The van der Waals surface area contributed by atoms with Crippen LogP contribution >= 0.6 is 0 Å². The molecule has 1 saturated heterocycles. The van der Waals surface area contributed by atoms with E-state index in [1.807, 2.05) is 0 Å². The monoisotopic (exact) mass is 290 g/mol. The first-order valence-corrected chi connectivity index (χ1v) is 6.51. The minimum atomic E-state index is -4.49. The highest BCUT2D eigenvalue weighted by atomic mass is 19.4. The minimum Gasteiger partial charge on any atom is -0.508 e. The number of benzene rings is 1. The van der Waals surface area contributed by atoms with Gasteiger partial charge in [0.25, 0.3) is 0 Å². The molecule has 0 saturated carbocycles. The Kier molecular flexibility index (Phi) is 4.25. The number of hydrogen-bond acceptors (Lipinski definition) is 3. The first-order valence-electron chi connectivity index (χ1n) is 6.51. The largest absolute Gasteiger partial charge is 0.508 e. The van der Waals surface area contributed by atoms with Crippen LogP contribution in [0, 0.1) is 0 Å². The maximum absolute atomic E-state index is 12.8. The fraction of sp³-hybridized carbons (Fsp3) is 0.571. The van der Waals surface area contributed by atoms with Crippen molar-refractivity contribution < 1.29 is 27.8 Å². The fourth-order valence-corrected chi connectivity index (χ4v) is 2.53. The summed E-state index contributed by atoms with van der Waals surface area (Å²) in [6.45, 7) is 3.04. The van der Waals surface area contributed by atoms with E-state index in [4.69, 9.17) is 9.47 Å². The summed E-state index contributed by atoms with van der Waals surface area (Å²) in [7, 11) is 0. The topological polar surface area (TPSA) is 38.7 Å². The standard InChI is InChI=1S/C14H17F3O3/c1-2-20-13(3-5-19-6-4-13)10-7-11(14(15,16)17)9-12(18)8-10/h7-9,18H,2-6H2,1H3. The molecule has 0 bridgehead atoms. The van der Waals surface area contributed by atoms with Crippen LogP contribution < -0.4 is 0 Å². The van der Waals surface area contributed by atoms with Crippen molar-refractivity contribution in [2.75, 3.05) is 19.8 Å². The van der Waals surface area contributed by atoms with E-state index in [1.165, 1.54) is 6.07 Å². The highest BCUT2D eigenvalue weighted by Crippen LogP contribution is 2.40. The normalized spacial score (nSPS) is 19.0. The Hall–Kier alpha value is -1.27. The van der Waals surface area contributed by atoms with E-state index in [2.05, 4.69) is 0 Å². The molecule has 20 heavy (non-hydrogen) atoms. The Balaban J connectivity index is 2.45. The quantitative estimate of drug-likeness (QED) is 0.926. The molecule has 0 spiro atoms. The Morgan fingerprint density at radius 2 is 1.90 bits per heavy atom. The summed E-state index contributed by atoms with van der Waals surface area (Å²) in [6.07, 6.45) is -3.55. The summed E-state index contributed by atoms with van der Waals surface area (Å²) in [6, 6.07) is 3.12. The van der Waals surface area contributed by atoms with E-state index >= 15 is 0 Å². The van der Waals surface area contributed by atoms with E-state index in [-0.39, 0.29) is 0 Å². The smallest absolute Gasteiger partial charge is 0.416 e. The van der Waals surface area contributed by atoms with Crippen molar-refractivity contribution >= 4 is 0 Å². The van der Waals surface area contributed by atoms with Crippen LogP contribution in [-0.4, -0.2) is 24.9 Å². The van der Waals surface area contributed by atoms with Gasteiger partial charge in [-0.05, 0) is 30.7 Å². The van der Waals surface area contributed by atoms with Gasteiger partial charge in [0.05, 0.1) is 11.2 Å². The summed E-state index contributed by atoms with van der Waals surface area (Å²) in [5.41, 5.74) is -1.32. The minimum absolute atomic E-state index is 0.356. The first kappa shape index (κ1) is 15.1. The average molecular weight is 290 g/mol. The average Bonchev–Trinajstić information content (AvgIpc) is 2.38. The molecule has 1 aliphatic heterocycles. The van der Waals surface area contributed by atoms with Gasteiger partial charge in [-0.1, -0.05) is 0 Å². The number of ether oxygens (including phenoxy) is 2. The molecule has 0 aromatic heterocycles. The summed E-state index contributed by atoms with van der Waals surface area (Å²) in [5.74, 6) is -0.402. The molecule has 1 N–H and O–H groups in total. The number of alkyl halides is 3. The molecule has 0 amide bonds. The van der Waals surface area contributed by atoms with Crippen molar-refractivity contribution in [1.82, 2.24) is 0 Å². The predicted octanol–water partition coefficient (Wildman–Crippen LogP) is 3.45. The Bertz CT molecular complexity index is 460. The Morgan fingerprint density at radius 1 is 1.25 bits per heavy atom. The molecular formula is C14H17F3O3. The third kappa shape index (κ3) is 3.07. The molecule has 0 aliphatic carbocycles. The van der Waals surface area contributed by atoms with E-state index in [0.29, 0.717) is 38.2 Å². The maximum atomic E-state index is 12.8.